The molecule has 0 saturated heterocycles. The fourth-order valence-corrected chi connectivity index (χ4v) is 0. The number of hydrogen-bond acceptors (Lipinski definition) is 2. The van der Waals surface area contributed by atoms with Gasteiger partial charge in [0, 0.05) is 16.5 Å². The number of rotatable bonds is 2. The van der Waals surface area contributed by atoms with Crippen LogP contribution in [0, 0.1) is 0 Å². The Bertz CT molecular complexity index is 65.1. The summed E-state index contributed by atoms with van der Waals surface area (Å²) in [7, 11) is 0. The molecule has 0 aliphatic heterocycles. The number of hydrogen-bond donors (Lipinski definition) is 0. The maximum atomic E-state index is 9.06. The third-order valence-electron chi connectivity index (χ3n) is 0.192. The van der Waals surface area contributed by atoms with Gasteiger partial charge < -0.3 is 0 Å². The molecule has 0 heterocycles. The average molecular weight is 171 g/mol. The van der Waals surface area contributed by atoms with E-state index in [0.717, 1.165) is 0 Å². The van der Waals surface area contributed by atoms with Gasteiger partial charge in [0.25, 0.3) is 0 Å². The summed E-state index contributed by atoms with van der Waals surface area (Å²) in [5, 5.41) is 0. The number of aldehydes is 2. The molecule has 0 spiro atoms. The van der Waals surface area contributed by atoms with E-state index in [9.17, 15) is 0 Å². The van der Waals surface area contributed by atoms with Crippen LogP contribution in [0.2, 0.25) is 0 Å². The predicted molar refractivity (Wildman–Crippen MR) is 32.5 cm³/mol. The first-order chi connectivity index (χ1) is 3.83. The van der Waals surface area contributed by atoms with Gasteiger partial charge in [-0.1, -0.05) is 13.2 Å². The van der Waals surface area contributed by atoms with Crippen LogP contribution < -0.4 is 0 Å². The van der Waals surface area contributed by atoms with Gasteiger partial charge in [-0.2, -0.15) is 0 Å². The molecule has 0 rings (SSSR count). The molecule has 0 fully saturated rings. The van der Waals surface area contributed by atoms with Crippen molar-refractivity contribution in [3.8, 4) is 0 Å². The summed E-state index contributed by atoms with van der Waals surface area (Å²) in [6, 6.07) is 0. The summed E-state index contributed by atoms with van der Waals surface area (Å²) >= 11 is 0. The molecular weight excluding hydrogens is 163 g/mol. The third-order valence-corrected chi connectivity index (χ3v) is 0.192. The zero-order valence-electron chi connectivity index (χ0n) is 4.86. The molecule has 0 N–H and O–H groups in total. The monoisotopic (exact) mass is 170 g/mol. The van der Waals surface area contributed by atoms with Crippen LogP contribution in [0.3, 0.4) is 0 Å². The van der Waals surface area contributed by atoms with E-state index in [1.54, 1.807) is 0 Å². The fraction of sp³-hybridized carbons (Fsp3) is 0. The first kappa shape index (κ1) is 15.7. The molecule has 0 saturated carbocycles. The van der Waals surface area contributed by atoms with E-state index in [-0.39, 0.29) is 16.5 Å². The summed E-state index contributed by atoms with van der Waals surface area (Å²) in [6.07, 6.45) is 3.67. The summed E-state index contributed by atoms with van der Waals surface area (Å²) in [4.78, 5) is 18.1. The predicted octanol–water partition coefficient (Wildman–Crippen LogP) is 0.740. The second kappa shape index (κ2) is 26.6. The first-order valence-corrected chi connectivity index (χ1v) is 1.95. The Hall–Kier alpha value is -0.686. The quantitative estimate of drug-likeness (QED) is 0.348. The van der Waals surface area contributed by atoms with E-state index in [1.807, 2.05) is 0 Å². The van der Waals surface area contributed by atoms with Crippen LogP contribution in [0.15, 0.2) is 25.3 Å². The number of carbonyl (C=O) groups excluding carboxylic acids is 2. The van der Waals surface area contributed by atoms with E-state index in [0.29, 0.717) is 12.6 Å². The van der Waals surface area contributed by atoms with E-state index >= 15 is 0 Å². The van der Waals surface area contributed by atoms with E-state index in [2.05, 4.69) is 13.2 Å². The summed E-state index contributed by atoms with van der Waals surface area (Å²) in [5.74, 6) is 0. The van der Waals surface area contributed by atoms with Crippen LogP contribution in [0.4, 0.5) is 0 Å². The minimum absolute atomic E-state index is 0. The van der Waals surface area contributed by atoms with Crippen molar-refractivity contribution in [3.05, 3.63) is 25.3 Å². The van der Waals surface area contributed by atoms with Crippen LogP contribution in [-0.2, 0) is 26.1 Å². The van der Waals surface area contributed by atoms with Crippen LogP contribution in [0.25, 0.3) is 0 Å². The van der Waals surface area contributed by atoms with Gasteiger partial charge in [-0.3, -0.25) is 9.59 Å². The van der Waals surface area contributed by atoms with Gasteiger partial charge in [-0.05, 0) is 12.2 Å². The molecule has 9 heavy (non-hydrogen) atoms. The molecule has 0 aromatic heterocycles. The van der Waals surface area contributed by atoms with Gasteiger partial charge in [0.05, 0.1) is 0 Å². The van der Waals surface area contributed by atoms with E-state index in [4.69, 9.17) is 9.59 Å². The fourth-order valence-electron chi connectivity index (χ4n) is 0. The second-order valence-corrected chi connectivity index (χ2v) is 0.744. The second-order valence-electron chi connectivity index (χ2n) is 0.744. The molecule has 54 valence electrons. The van der Waals surface area contributed by atoms with Gasteiger partial charge in [0.15, 0.2) is 0 Å². The van der Waals surface area contributed by atoms with Crippen molar-refractivity contribution in [3.63, 3.8) is 0 Å². The molecule has 0 atom stereocenters. The van der Waals surface area contributed by atoms with Crippen LogP contribution in [0.1, 0.15) is 0 Å². The molecule has 0 radical (unpaired) electrons. The van der Waals surface area contributed by atoms with Crippen molar-refractivity contribution in [1.82, 2.24) is 0 Å². The average Bonchev–Trinajstić information content (AvgIpc) is 1.88. The normalized spacial score (nSPS) is 4.44. The smallest absolute Gasteiger partial charge is 0.142 e. The summed E-state index contributed by atoms with van der Waals surface area (Å²) < 4.78 is 0. The van der Waals surface area contributed by atoms with Crippen molar-refractivity contribution in [2.75, 3.05) is 0 Å². The standard InChI is InChI=1S/2C3H4O.Ni/c2*1-2-3-4;/h2*2-3H,1H2;. The minimum Gasteiger partial charge on any atom is -0.299 e. The van der Waals surface area contributed by atoms with Crippen molar-refractivity contribution in [2.45, 2.75) is 0 Å². The minimum atomic E-state index is 0. The Morgan fingerprint density at radius 1 is 0.889 bits per heavy atom. The summed E-state index contributed by atoms with van der Waals surface area (Å²) in [6.45, 7) is 6.22. The molecule has 0 unspecified atom stereocenters. The third kappa shape index (κ3) is 120. The molecule has 0 aromatic rings. The summed E-state index contributed by atoms with van der Waals surface area (Å²) in [5.41, 5.74) is 0. The van der Waals surface area contributed by atoms with Crippen LogP contribution in [-0.4, -0.2) is 12.6 Å². The SMILES string of the molecule is C=CC=O.C=CC=O.[Ni]. The number of carbonyl (C=O) groups is 2. The van der Waals surface area contributed by atoms with Crippen LogP contribution in [0.5, 0.6) is 0 Å². The van der Waals surface area contributed by atoms with Crippen LogP contribution >= 0.6 is 0 Å². The molecular formula is C6H8NiO2. The van der Waals surface area contributed by atoms with Crippen molar-refractivity contribution >= 4 is 12.6 Å². The molecule has 0 aromatic carbocycles. The topological polar surface area (TPSA) is 34.1 Å². The first-order valence-electron chi connectivity index (χ1n) is 1.95. The zero-order valence-corrected chi connectivity index (χ0v) is 5.84. The Labute approximate surface area is 64.6 Å². The van der Waals surface area contributed by atoms with Gasteiger partial charge in [-0.15, -0.1) is 0 Å². The van der Waals surface area contributed by atoms with Crippen molar-refractivity contribution < 1.29 is 26.1 Å². The van der Waals surface area contributed by atoms with Gasteiger partial charge in [0.2, 0.25) is 0 Å². The van der Waals surface area contributed by atoms with Crippen molar-refractivity contribution in [1.29, 1.82) is 0 Å². The maximum absolute atomic E-state index is 9.06. The van der Waals surface area contributed by atoms with Crippen molar-refractivity contribution in [2.24, 2.45) is 0 Å². The Morgan fingerprint density at radius 2 is 1.00 bits per heavy atom. The maximum Gasteiger partial charge on any atom is 0.142 e. The molecule has 0 aliphatic rings. The molecule has 3 heteroatoms. The van der Waals surface area contributed by atoms with E-state index in [1.165, 1.54) is 12.2 Å². The van der Waals surface area contributed by atoms with E-state index < -0.39 is 0 Å². The van der Waals surface area contributed by atoms with Gasteiger partial charge in [0.1, 0.15) is 12.6 Å². The molecule has 0 amide bonds. The molecule has 0 bridgehead atoms. The largest absolute Gasteiger partial charge is 0.299 e. The Kier molecular flexibility index (Phi) is 46.5. The Morgan fingerprint density at radius 3 is 1.00 bits per heavy atom. The Balaban J connectivity index is -0.0000000720. The van der Waals surface area contributed by atoms with Gasteiger partial charge >= 0.3 is 0 Å². The molecule has 0 aliphatic carbocycles. The number of allylic oxidation sites excluding steroid dienone is 2. The van der Waals surface area contributed by atoms with Gasteiger partial charge in [-0.25, -0.2) is 0 Å². The molecule has 2 nitrogen and oxygen atoms in total. The zero-order chi connectivity index (χ0) is 6.83.